The molecule has 5 rings (SSSR count). The van der Waals surface area contributed by atoms with E-state index >= 15 is 0 Å². The topological polar surface area (TPSA) is 135 Å². The third-order valence-corrected chi connectivity index (χ3v) is 7.49. The third-order valence-electron chi connectivity index (χ3n) is 7.49. The molecule has 1 fully saturated rings. The van der Waals surface area contributed by atoms with Crippen molar-refractivity contribution in [2.45, 2.75) is 45.4 Å². The molecular formula is C37H39N5O6. The molecule has 11 nitrogen and oxygen atoms in total. The number of nitrogens with zero attached hydrogens (tertiary/aromatic N) is 3. The zero-order chi connectivity index (χ0) is 34.4. The van der Waals surface area contributed by atoms with Crippen molar-refractivity contribution >= 4 is 23.6 Å². The fourth-order valence-corrected chi connectivity index (χ4v) is 5.23. The SMILES string of the molecule is Cc1ccc(O)c(-c2nn(C)cc2C#Cc2ccc(NC(=O)[C@H]3COCCN3C(=O)[C@@H](NC(=O)OC(C)(C)C)c3ccccc3)cc2)c1. The summed E-state index contributed by atoms with van der Waals surface area (Å²) in [5.41, 5.74) is 3.86. The van der Waals surface area contributed by atoms with Gasteiger partial charge in [-0.05, 0) is 69.7 Å². The first-order valence-electron chi connectivity index (χ1n) is 15.6. The van der Waals surface area contributed by atoms with Gasteiger partial charge in [0.1, 0.15) is 29.1 Å². The van der Waals surface area contributed by atoms with E-state index < -0.39 is 35.6 Å². The van der Waals surface area contributed by atoms with Crippen molar-refractivity contribution in [1.29, 1.82) is 0 Å². The van der Waals surface area contributed by atoms with Crippen molar-refractivity contribution in [3.8, 4) is 28.8 Å². The zero-order valence-corrected chi connectivity index (χ0v) is 27.6. The molecule has 3 N–H and O–H groups in total. The van der Waals surface area contributed by atoms with Gasteiger partial charge in [-0.1, -0.05) is 53.8 Å². The van der Waals surface area contributed by atoms with Crippen LogP contribution in [0.5, 0.6) is 5.75 Å². The van der Waals surface area contributed by atoms with Crippen LogP contribution in [-0.2, 0) is 26.1 Å². The minimum atomic E-state index is -1.07. The molecule has 1 aliphatic heterocycles. The number of carbonyl (C=O) groups excluding carboxylic acids is 3. The van der Waals surface area contributed by atoms with Crippen LogP contribution in [0.15, 0.2) is 79.0 Å². The minimum Gasteiger partial charge on any atom is -0.507 e. The van der Waals surface area contributed by atoms with E-state index in [0.717, 1.165) is 5.56 Å². The molecule has 0 radical (unpaired) electrons. The van der Waals surface area contributed by atoms with Gasteiger partial charge in [0.2, 0.25) is 5.91 Å². The van der Waals surface area contributed by atoms with E-state index in [1.54, 1.807) is 93.3 Å². The van der Waals surface area contributed by atoms with Crippen LogP contribution in [0.3, 0.4) is 0 Å². The Kier molecular flexibility index (Phi) is 10.2. The Hall–Kier alpha value is -5.60. The van der Waals surface area contributed by atoms with Crippen LogP contribution in [0.25, 0.3) is 11.3 Å². The Morgan fingerprint density at radius 2 is 1.77 bits per heavy atom. The molecule has 48 heavy (non-hydrogen) atoms. The number of aryl methyl sites for hydroxylation is 2. The lowest BCUT2D eigenvalue weighted by Gasteiger charge is -2.37. The molecule has 11 heteroatoms. The van der Waals surface area contributed by atoms with Gasteiger partial charge < -0.3 is 30.1 Å². The number of nitrogens with one attached hydrogen (secondary N) is 2. The second-order valence-electron chi connectivity index (χ2n) is 12.5. The van der Waals surface area contributed by atoms with E-state index in [0.29, 0.717) is 33.6 Å². The minimum absolute atomic E-state index is 0.000975. The fraction of sp³-hybridized carbons (Fsp3) is 0.297. The van der Waals surface area contributed by atoms with Gasteiger partial charge in [-0.15, -0.1) is 0 Å². The summed E-state index contributed by atoms with van der Waals surface area (Å²) in [5, 5.41) is 20.5. The van der Waals surface area contributed by atoms with Gasteiger partial charge in [0.15, 0.2) is 0 Å². The lowest BCUT2D eigenvalue weighted by molar-refractivity contribution is -0.148. The number of morpholine rings is 1. The molecule has 4 aromatic rings. The summed E-state index contributed by atoms with van der Waals surface area (Å²) in [4.78, 5) is 41.6. The van der Waals surface area contributed by atoms with Gasteiger partial charge in [-0.2, -0.15) is 5.10 Å². The van der Waals surface area contributed by atoms with E-state index in [-0.39, 0.29) is 25.5 Å². The molecule has 0 bridgehead atoms. The third kappa shape index (κ3) is 8.40. The summed E-state index contributed by atoms with van der Waals surface area (Å²) < 4.78 is 12.7. The molecule has 1 aromatic heterocycles. The van der Waals surface area contributed by atoms with E-state index in [1.165, 1.54) is 4.90 Å². The largest absolute Gasteiger partial charge is 0.507 e. The highest BCUT2D eigenvalue weighted by atomic mass is 16.6. The summed E-state index contributed by atoms with van der Waals surface area (Å²) >= 11 is 0. The predicted octanol–water partition coefficient (Wildman–Crippen LogP) is 4.93. The van der Waals surface area contributed by atoms with Crippen LogP contribution in [0.1, 0.15) is 49.1 Å². The fourth-order valence-electron chi connectivity index (χ4n) is 5.23. The van der Waals surface area contributed by atoms with Crippen molar-refractivity contribution in [2.75, 3.05) is 25.1 Å². The quantitative estimate of drug-likeness (QED) is 0.252. The van der Waals surface area contributed by atoms with Gasteiger partial charge in [0.25, 0.3) is 5.91 Å². The first-order valence-corrected chi connectivity index (χ1v) is 15.6. The average Bonchev–Trinajstić information content (AvgIpc) is 3.43. The highest BCUT2D eigenvalue weighted by Crippen LogP contribution is 2.31. The molecule has 3 amide bonds. The summed E-state index contributed by atoms with van der Waals surface area (Å²) in [5.74, 6) is 5.52. The van der Waals surface area contributed by atoms with Gasteiger partial charge in [-0.25, -0.2) is 4.79 Å². The number of hydrogen-bond acceptors (Lipinski definition) is 7. The Labute approximate surface area is 279 Å². The molecule has 2 atom stereocenters. The van der Waals surface area contributed by atoms with Gasteiger partial charge >= 0.3 is 6.09 Å². The van der Waals surface area contributed by atoms with Crippen LogP contribution in [0, 0.1) is 18.8 Å². The average molecular weight is 650 g/mol. The lowest BCUT2D eigenvalue weighted by atomic mass is 10.0. The number of anilines is 1. The molecule has 248 valence electrons. The van der Waals surface area contributed by atoms with Crippen LogP contribution in [0.2, 0.25) is 0 Å². The number of benzene rings is 3. The molecule has 0 unspecified atom stereocenters. The number of rotatable bonds is 6. The van der Waals surface area contributed by atoms with Gasteiger partial charge in [0, 0.05) is 36.6 Å². The molecule has 2 heterocycles. The molecule has 1 aliphatic rings. The Morgan fingerprint density at radius 1 is 1.04 bits per heavy atom. The number of aromatic hydroxyl groups is 1. The van der Waals surface area contributed by atoms with Crippen molar-refractivity contribution in [2.24, 2.45) is 7.05 Å². The normalized spacial score (nSPS) is 15.1. The van der Waals surface area contributed by atoms with E-state index in [9.17, 15) is 19.5 Å². The summed E-state index contributed by atoms with van der Waals surface area (Å²) in [6.07, 6.45) is 1.05. The predicted molar refractivity (Wildman–Crippen MR) is 181 cm³/mol. The highest BCUT2D eigenvalue weighted by molar-refractivity contribution is 5.98. The van der Waals surface area contributed by atoms with Gasteiger partial charge in [0.05, 0.1) is 18.8 Å². The number of amides is 3. The Morgan fingerprint density at radius 3 is 2.48 bits per heavy atom. The van der Waals surface area contributed by atoms with Crippen LogP contribution < -0.4 is 10.6 Å². The molecular weight excluding hydrogens is 610 g/mol. The van der Waals surface area contributed by atoms with E-state index in [4.69, 9.17) is 9.47 Å². The summed E-state index contributed by atoms with van der Waals surface area (Å²) in [6, 6.07) is 19.2. The van der Waals surface area contributed by atoms with Crippen LogP contribution in [0.4, 0.5) is 10.5 Å². The standard InChI is InChI=1S/C37H39N5O6/c1-24-11-18-31(43)29(21-24)32-27(22-41(5)40-32)15-12-25-13-16-28(17-14-25)38-34(44)30-23-47-20-19-42(30)35(45)33(26-9-7-6-8-10-26)39-36(46)48-37(2,3)4/h6-11,13-14,16-18,21-22,30,33,43H,19-20,23H2,1-5H3,(H,38,44)(H,39,46)/t30-,33+/m1/s1. The Bertz CT molecular complexity index is 1850. The van der Waals surface area contributed by atoms with Gasteiger partial charge in [-0.3, -0.25) is 14.3 Å². The number of alkyl carbamates (subject to hydrolysis) is 1. The summed E-state index contributed by atoms with van der Waals surface area (Å²) in [7, 11) is 1.80. The number of hydrogen-bond donors (Lipinski definition) is 3. The van der Waals surface area contributed by atoms with Crippen molar-refractivity contribution in [3.63, 3.8) is 0 Å². The molecule has 0 spiro atoms. The first-order chi connectivity index (χ1) is 22.9. The second-order valence-corrected chi connectivity index (χ2v) is 12.5. The maximum absolute atomic E-state index is 13.9. The zero-order valence-electron chi connectivity index (χ0n) is 27.6. The molecule has 0 saturated carbocycles. The second kappa shape index (κ2) is 14.4. The van der Waals surface area contributed by atoms with Crippen molar-refractivity contribution in [1.82, 2.24) is 20.0 Å². The maximum Gasteiger partial charge on any atom is 0.408 e. The highest BCUT2D eigenvalue weighted by Gasteiger charge is 2.38. The first kappa shape index (κ1) is 33.8. The smallest absolute Gasteiger partial charge is 0.408 e. The van der Waals surface area contributed by atoms with Crippen molar-refractivity contribution < 1.29 is 29.0 Å². The molecule has 0 aliphatic carbocycles. The number of ether oxygens (including phenoxy) is 2. The van der Waals surface area contributed by atoms with Crippen LogP contribution >= 0.6 is 0 Å². The number of phenolic OH excluding ortho intramolecular Hbond substituents is 1. The lowest BCUT2D eigenvalue weighted by Crippen LogP contribution is -2.57. The molecule has 3 aromatic carbocycles. The van der Waals surface area contributed by atoms with E-state index in [1.807, 2.05) is 25.1 Å². The number of carbonyl (C=O) groups is 3. The number of aromatic nitrogens is 2. The van der Waals surface area contributed by atoms with Crippen molar-refractivity contribution in [3.05, 3.63) is 101 Å². The summed E-state index contributed by atoms with van der Waals surface area (Å²) in [6.45, 7) is 7.58. The Balaban J connectivity index is 1.30. The number of phenols is 1. The monoisotopic (exact) mass is 649 g/mol. The van der Waals surface area contributed by atoms with Crippen LogP contribution in [-0.4, -0.2) is 69.1 Å². The maximum atomic E-state index is 13.9. The molecule has 1 saturated heterocycles. The van der Waals surface area contributed by atoms with E-state index in [2.05, 4.69) is 27.6 Å².